The molecule has 0 fully saturated rings. The van der Waals surface area contributed by atoms with Gasteiger partial charge in [-0.2, -0.15) is 11.8 Å². The van der Waals surface area contributed by atoms with E-state index in [1.54, 1.807) is 38.5 Å². The molecule has 7 nitrogen and oxygen atoms in total. The average Bonchev–Trinajstić information content (AvgIpc) is 2.80. The Morgan fingerprint density at radius 1 is 1.10 bits per heavy atom. The van der Waals surface area contributed by atoms with Crippen molar-refractivity contribution in [2.45, 2.75) is 12.5 Å². The Morgan fingerprint density at radius 3 is 2.52 bits per heavy atom. The minimum absolute atomic E-state index is 0.341. The van der Waals surface area contributed by atoms with Gasteiger partial charge in [-0.25, -0.2) is 9.78 Å². The predicted octanol–water partition coefficient (Wildman–Crippen LogP) is 3.86. The Labute approximate surface area is 184 Å². The van der Waals surface area contributed by atoms with Crippen molar-refractivity contribution in [3.05, 3.63) is 54.1 Å². The van der Waals surface area contributed by atoms with Crippen LogP contribution in [-0.4, -0.2) is 54.2 Å². The SMILES string of the molecule is COc1ccc(-c2cc(C(=O)NC(CCSC)C(=O)O)c3ccccc3n2)cc1OC. The van der Waals surface area contributed by atoms with Gasteiger partial charge in [-0.15, -0.1) is 0 Å². The molecule has 162 valence electrons. The molecule has 0 radical (unpaired) electrons. The molecule has 0 saturated carbocycles. The molecule has 2 N–H and O–H groups in total. The molecule has 0 saturated heterocycles. The molecule has 31 heavy (non-hydrogen) atoms. The van der Waals surface area contributed by atoms with E-state index < -0.39 is 17.9 Å². The summed E-state index contributed by atoms with van der Waals surface area (Å²) in [7, 11) is 3.11. The molecule has 1 atom stereocenters. The topological polar surface area (TPSA) is 97.8 Å². The number of benzene rings is 2. The molecule has 1 aromatic heterocycles. The third-order valence-corrected chi connectivity index (χ3v) is 5.50. The Bertz CT molecular complexity index is 1100. The van der Waals surface area contributed by atoms with Crippen LogP contribution in [0, 0.1) is 0 Å². The number of aromatic nitrogens is 1. The number of pyridine rings is 1. The fourth-order valence-electron chi connectivity index (χ4n) is 3.24. The van der Waals surface area contributed by atoms with Gasteiger partial charge in [-0.3, -0.25) is 4.79 Å². The second-order valence-electron chi connectivity index (χ2n) is 6.79. The number of fused-ring (bicyclic) bond motifs is 1. The van der Waals surface area contributed by atoms with Crippen molar-refractivity contribution in [1.82, 2.24) is 10.3 Å². The highest BCUT2D eigenvalue weighted by atomic mass is 32.2. The Balaban J connectivity index is 2.05. The maximum Gasteiger partial charge on any atom is 0.326 e. The first-order valence-corrected chi connectivity index (χ1v) is 11.0. The minimum Gasteiger partial charge on any atom is -0.493 e. The zero-order valence-electron chi connectivity index (χ0n) is 17.5. The molecule has 3 aromatic rings. The van der Waals surface area contributed by atoms with Crippen LogP contribution < -0.4 is 14.8 Å². The van der Waals surface area contributed by atoms with Gasteiger partial charge in [-0.1, -0.05) is 18.2 Å². The Morgan fingerprint density at radius 2 is 1.84 bits per heavy atom. The summed E-state index contributed by atoms with van der Waals surface area (Å²) in [5.74, 6) is 0.257. The number of carboxylic acid groups (broad SMARTS) is 1. The van der Waals surface area contributed by atoms with Crippen LogP contribution in [0.25, 0.3) is 22.2 Å². The van der Waals surface area contributed by atoms with Gasteiger partial charge in [0.25, 0.3) is 5.91 Å². The molecule has 0 aliphatic carbocycles. The van der Waals surface area contributed by atoms with Crippen LogP contribution in [-0.2, 0) is 4.79 Å². The number of hydrogen-bond donors (Lipinski definition) is 2. The van der Waals surface area contributed by atoms with Gasteiger partial charge in [0, 0.05) is 10.9 Å². The number of amides is 1. The van der Waals surface area contributed by atoms with Crippen molar-refractivity contribution in [3.8, 4) is 22.8 Å². The van der Waals surface area contributed by atoms with E-state index in [1.807, 2.05) is 30.5 Å². The largest absolute Gasteiger partial charge is 0.493 e. The van der Waals surface area contributed by atoms with E-state index >= 15 is 0 Å². The van der Waals surface area contributed by atoms with Crippen molar-refractivity contribution in [1.29, 1.82) is 0 Å². The van der Waals surface area contributed by atoms with Gasteiger partial charge in [0.15, 0.2) is 11.5 Å². The van der Waals surface area contributed by atoms with E-state index in [4.69, 9.17) is 9.47 Å². The standard InChI is InChI=1S/C23H24N2O5S/c1-29-20-9-8-14(12-21(20)30-2)19-13-16(15-6-4-5-7-17(15)24-19)22(26)25-18(23(27)28)10-11-31-3/h4-9,12-13,18H,10-11H2,1-3H3,(H,25,26)(H,27,28). The molecule has 2 aromatic carbocycles. The fraction of sp³-hybridized carbons (Fsp3) is 0.261. The summed E-state index contributed by atoms with van der Waals surface area (Å²) < 4.78 is 10.7. The summed E-state index contributed by atoms with van der Waals surface area (Å²) in [6.07, 6.45) is 2.24. The number of hydrogen-bond acceptors (Lipinski definition) is 6. The summed E-state index contributed by atoms with van der Waals surface area (Å²) in [6, 6.07) is 13.4. The zero-order chi connectivity index (χ0) is 22.4. The minimum atomic E-state index is -1.05. The number of ether oxygens (including phenoxy) is 2. The lowest BCUT2D eigenvalue weighted by Crippen LogP contribution is -2.41. The number of carbonyl (C=O) groups is 2. The summed E-state index contributed by atoms with van der Waals surface area (Å²) >= 11 is 1.53. The summed E-state index contributed by atoms with van der Waals surface area (Å²) in [6.45, 7) is 0. The van der Waals surface area contributed by atoms with Crippen molar-refractivity contribution in [3.63, 3.8) is 0 Å². The smallest absolute Gasteiger partial charge is 0.326 e. The Hall–Kier alpha value is -3.26. The third-order valence-electron chi connectivity index (χ3n) is 4.85. The van der Waals surface area contributed by atoms with Crippen molar-refractivity contribution >= 4 is 34.5 Å². The second kappa shape index (κ2) is 10.2. The normalized spacial score (nSPS) is 11.7. The van der Waals surface area contributed by atoms with Crippen LogP contribution in [0.4, 0.5) is 0 Å². The number of rotatable bonds is 9. The van der Waals surface area contributed by atoms with E-state index in [2.05, 4.69) is 10.3 Å². The number of thioether (sulfide) groups is 1. The maximum atomic E-state index is 13.1. The average molecular weight is 441 g/mol. The first-order chi connectivity index (χ1) is 15.0. The quantitative estimate of drug-likeness (QED) is 0.521. The molecular formula is C23H24N2O5S. The van der Waals surface area contributed by atoms with Gasteiger partial charge < -0.3 is 19.9 Å². The second-order valence-corrected chi connectivity index (χ2v) is 7.77. The summed E-state index contributed by atoms with van der Waals surface area (Å²) in [4.78, 5) is 29.4. The van der Waals surface area contributed by atoms with E-state index in [0.29, 0.717) is 45.8 Å². The van der Waals surface area contributed by atoms with Crippen LogP contribution in [0.1, 0.15) is 16.8 Å². The van der Waals surface area contributed by atoms with Crippen LogP contribution in [0.5, 0.6) is 11.5 Å². The number of nitrogens with one attached hydrogen (secondary N) is 1. The number of carboxylic acids is 1. The lowest BCUT2D eigenvalue weighted by molar-refractivity contribution is -0.139. The highest BCUT2D eigenvalue weighted by Crippen LogP contribution is 2.33. The third kappa shape index (κ3) is 5.08. The van der Waals surface area contributed by atoms with E-state index in [9.17, 15) is 14.7 Å². The highest BCUT2D eigenvalue weighted by molar-refractivity contribution is 7.98. The van der Waals surface area contributed by atoms with Gasteiger partial charge in [0.2, 0.25) is 0 Å². The molecular weight excluding hydrogens is 416 g/mol. The highest BCUT2D eigenvalue weighted by Gasteiger charge is 2.22. The number of methoxy groups -OCH3 is 2. The molecule has 8 heteroatoms. The van der Waals surface area contributed by atoms with Gasteiger partial charge in [-0.05, 0) is 48.8 Å². The predicted molar refractivity (Wildman–Crippen MR) is 122 cm³/mol. The van der Waals surface area contributed by atoms with Crippen LogP contribution in [0.2, 0.25) is 0 Å². The van der Waals surface area contributed by atoms with Crippen molar-refractivity contribution < 1.29 is 24.2 Å². The number of para-hydroxylation sites is 1. The molecule has 1 amide bonds. The van der Waals surface area contributed by atoms with E-state index in [1.165, 1.54) is 11.8 Å². The lowest BCUT2D eigenvalue weighted by Gasteiger charge is -2.16. The number of nitrogens with zero attached hydrogens (tertiary/aromatic N) is 1. The zero-order valence-corrected chi connectivity index (χ0v) is 18.4. The molecule has 0 aliphatic rings. The first kappa shape index (κ1) is 22.4. The van der Waals surface area contributed by atoms with Gasteiger partial charge in [0.1, 0.15) is 6.04 Å². The van der Waals surface area contributed by atoms with Crippen LogP contribution in [0.3, 0.4) is 0 Å². The van der Waals surface area contributed by atoms with E-state index in [-0.39, 0.29) is 0 Å². The van der Waals surface area contributed by atoms with Crippen molar-refractivity contribution in [2.24, 2.45) is 0 Å². The Kier molecular flexibility index (Phi) is 7.36. The molecule has 0 spiro atoms. The fourth-order valence-corrected chi connectivity index (χ4v) is 3.71. The van der Waals surface area contributed by atoms with Crippen LogP contribution in [0.15, 0.2) is 48.5 Å². The first-order valence-electron chi connectivity index (χ1n) is 9.63. The molecule has 0 aliphatic heterocycles. The maximum absolute atomic E-state index is 13.1. The monoisotopic (exact) mass is 440 g/mol. The molecule has 3 rings (SSSR count). The number of aliphatic carboxylic acids is 1. The summed E-state index contributed by atoms with van der Waals surface area (Å²) in [5.41, 5.74) is 2.32. The van der Waals surface area contributed by atoms with Crippen LogP contribution >= 0.6 is 11.8 Å². The molecule has 0 bridgehead atoms. The lowest BCUT2D eigenvalue weighted by atomic mass is 10.0. The van der Waals surface area contributed by atoms with Gasteiger partial charge >= 0.3 is 5.97 Å². The summed E-state index contributed by atoms with van der Waals surface area (Å²) in [5, 5.41) is 12.8. The molecule has 1 unspecified atom stereocenters. The number of carbonyl (C=O) groups excluding carboxylic acids is 1. The van der Waals surface area contributed by atoms with E-state index in [0.717, 1.165) is 5.56 Å². The molecule has 1 heterocycles. The van der Waals surface area contributed by atoms with Crippen molar-refractivity contribution in [2.75, 3.05) is 26.2 Å². The van der Waals surface area contributed by atoms with Gasteiger partial charge in [0.05, 0.1) is 31.0 Å².